The Kier molecular flexibility index (Phi) is 6.10. The second kappa shape index (κ2) is 7.59. The van der Waals surface area contributed by atoms with Crippen LogP contribution in [0.25, 0.3) is 0 Å². The molecule has 0 heterocycles. The van der Waals surface area contributed by atoms with Gasteiger partial charge in [0, 0.05) is 11.1 Å². The van der Waals surface area contributed by atoms with E-state index in [4.69, 9.17) is 0 Å². The van der Waals surface area contributed by atoms with Gasteiger partial charge < -0.3 is 16.0 Å². The van der Waals surface area contributed by atoms with Crippen molar-refractivity contribution in [1.29, 1.82) is 0 Å². The van der Waals surface area contributed by atoms with Gasteiger partial charge in [-0.15, -0.1) is 0 Å². The number of carbonyl (C=O) groups excluding carboxylic acids is 3. The standard InChI is InChI=1S/C16H23N3O3/c1-11-6-5-7-12(8-11)15(22)18-9-13(20)17-10-14(21)19-16(2,3)4/h5-8H,9-10H2,1-4H3,(H,17,20)(H,18,22)(H,19,21). The van der Waals surface area contributed by atoms with Gasteiger partial charge in [-0.05, 0) is 39.8 Å². The molecule has 0 bridgehead atoms. The molecule has 0 aliphatic heterocycles. The van der Waals surface area contributed by atoms with E-state index in [1.165, 1.54) is 0 Å². The number of benzene rings is 1. The lowest BCUT2D eigenvalue weighted by Crippen LogP contribution is -2.47. The minimum absolute atomic E-state index is 0.115. The van der Waals surface area contributed by atoms with Crippen LogP contribution in [0.1, 0.15) is 36.7 Å². The molecule has 3 amide bonds. The Balaban J connectivity index is 2.34. The van der Waals surface area contributed by atoms with E-state index >= 15 is 0 Å². The third-order valence-corrected chi connectivity index (χ3v) is 2.65. The van der Waals surface area contributed by atoms with Crippen molar-refractivity contribution < 1.29 is 14.4 Å². The fraction of sp³-hybridized carbons (Fsp3) is 0.438. The molecule has 1 aromatic rings. The zero-order valence-corrected chi connectivity index (χ0v) is 13.4. The number of aryl methyl sites for hydroxylation is 1. The van der Waals surface area contributed by atoms with Crippen LogP contribution >= 0.6 is 0 Å². The number of hydrogen-bond donors (Lipinski definition) is 3. The van der Waals surface area contributed by atoms with Crippen LogP contribution in [0.3, 0.4) is 0 Å². The molecule has 0 saturated heterocycles. The fourth-order valence-corrected chi connectivity index (χ4v) is 1.75. The second-order valence-electron chi connectivity index (χ2n) is 6.13. The molecule has 3 N–H and O–H groups in total. The summed E-state index contributed by atoms with van der Waals surface area (Å²) in [4.78, 5) is 35.0. The maximum atomic E-state index is 11.9. The Morgan fingerprint density at radius 3 is 2.23 bits per heavy atom. The van der Waals surface area contributed by atoms with Crippen molar-refractivity contribution in [1.82, 2.24) is 16.0 Å². The highest BCUT2D eigenvalue weighted by Gasteiger charge is 2.14. The normalized spacial score (nSPS) is 10.7. The summed E-state index contributed by atoms with van der Waals surface area (Å²) in [5.74, 6) is -1.01. The zero-order valence-electron chi connectivity index (χ0n) is 13.4. The van der Waals surface area contributed by atoms with Crippen molar-refractivity contribution in [3.8, 4) is 0 Å². The van der Waals surface area contributed by atoms with E-state index in [2.05, 4.69) is 16.0 Å². The lowest BCUT2D eigenvalue weighted by atomic mass is 10.1. The molecule has 0 unspecified atom stereocenters. The maximum Gasteiger partial charge on any atom is 0.251 e. The van der Waals surface area contributed by atoms with E-state index in [1.54, 1.807) is 18.2 Å². The van der Waals surface area contributed by atoms with E-state index in [0.717, 1.165) is 5.56 Å². The molecule has 0 fully saturated rings. The molecule has 0 atom stereocenters. The van der Waals surface area contributed by atoms with Gasteiger partial charge in [0.1, 0.15) is 0 Å². The summed E-state index contributed by atoms with van der Waals surface area (Å²) in [7, 11) is 0. The summed E-state index contributed by atoms with van der Waals surface area (Å²) in [6.07, 6.45) is 0. The summed E-state index contributed by atoms with van der Waals surface area (Å²) in [5, 5.41) is 7.70. The average molecular weight is 305 g/mol. The second-order valence-corrected chi connectivity index (χ2v) is 6.13. The van der Waals surface area contributed by atoms with E-state index in [1.807, 2.05) is 33.8 Å². The lowest BCUT2D eigenvalue weighted by Gasteiger charge is -2.20. The van der Waals surface area contributed by atoms with Crippen molar-refractivity contribution in [2.24, 2.45) is 0 Å². The predicted octanol–water partition coefficient (Wildman–Crippen LogP) is 0.756. The highest BCUT2D eigenvalue weighted by Crippen LogP contribution is 2.03. The van der Waals surface area contributed by atoms with Crippen LogP contribution in [0, 0.1) is 6.92 Å². The average Bonchev–Trinajstić information content (AvgIpc) is 2.40. The van der Waals surface area contributed by atoms with E-state index in [9.17, 15) is 14.4 Å². The largest absolute Gasteiger partial charge is 0.350 e. The van der Waals surface area contributed by atoms with Gasteiger partial charge >= 0.3 is 0 Å². The van der Waals surface area contributed by atoms with Crippen molar-refractivity contribution in [2.45, 2.75) is 33.2 Å². The molecule has 22 heavy (non-hydrogen) atoms. The molecule has 0 aliphatic carbocycles. The Morgan fingerprint density at radius 1 is 1.00 bits per heavy atom. The third kappa shape index (κ3) is 6.88. The minimum Gasteiger partial charge on any atom is -0.350 e. The van der Waals surface area contributed by atoms with Crippen molar-refractivity contribution in [3.05, 3.63) is 35.4 Å². The van der Waals surface area contributed by atoms with Gasteiger partial charge in [-0.1, -0.05) is 17.7 Å². The third-order valence-electron chi connectivity index (χ3n) is 2.65. The monoisotopic (exact) mass is 305 g/mol. The molecule has 1 rings (SSSR count). The van der Waals surface area contributed by atoms with Gasteiger partial charge in [0.2, 0.25) is 11.8 Å². The van der Waals surface area contributed by atoms with Gasteiger partial charge in [-0.25, -0.2) is 0 Å². The van der Waals surface area contributed by atoms with Crippen LogP contribution in [-0.4, -0.2) is 36.3 Å². The zero-order chi connectivity index (χ0) is 16.8. The summed E-state index contributed by atoms with van der Waals surface area (Å²) >= 11 is 0. The van der Waals surface area contributed by atoms with Gasteiger partial charge in [-0.3, -0.25) is 14.4 Å². The minimum atomic E-state index is -0.412. The van der Waals surface area contributed by atoms with Crippen LogP contribution in [0.2, 0.25) is 0 Å². The van der Waals surface area contributed by atoms with E-state index in [0.29, 0.717) is 5.56 Å². The van der Waals surface area contributed by atoms with Crippen LogP contribution in [-0.2, 0) is 9.59 Å². The van der Waals surface area contributed by atoms with Crippen molar-refractivity contribution in [2.75, 3.05) is 13.1 Å². The topological polar surface area (TPSA) is 87.3 Å². The molecular formula is C16H23N3O3. The van der Waals surface area contributed by atoms with Crippen LogP contribution < -0.4 is 16.0 Å². The molecule has 0 aromatic heterocycles. The molecule has 120 valence electrons. The first kappa shape index (κ1) is 17.7. The molecular weight excluding hydrogens is 282 g/mol. The van der Waals surface area contributed by atoms with E-state index in [-0.39, 0.29) is 30.4 Å². The number of amides is 3. The van der Waals surface area contributed by atoms with Crippen molar-refractivity contribution >= 4 is 17.7 Å². The summed E-state index contributed by atoms with van der Waals surface area (Å²) in [6.45, 7) is 7.17. The summed E-state index contributed by atoms with van der Waals surface area (Å²) < 4.78 is 0. The van der Waals surface area contributed by atoms with Gasteiger partial charge in [0.15, 0.2) is 0 Å². The van der Waals surface area contributed by atoms with E-state index < -0.39 is 5.91 Å². The number of rotatable bonds is 5. The number of nitrogens with one attached hydrogen (secondary N) is 3. The smallest absolute Gasteiger partial charge is 0.251 e. The molecule has 0 spiro atoms. The van der Waals surface area contributed by atoms with Crippen LogP contribution in [0.15, 0.2) is 24.3 Å². The van der Waals surface area contributed by atoms with Gasteiger partial charge in [0.25, 0.3) is 5.91 Å². The lowest BCUT2D eigenvalue weighted by molar-refractivity contribution is -0.126. The molecule has 0 radical (unpaired) electrons. The Bertz CT molecular complexity index is 562. The fourth-order valence-electron chi connectivity index (χ4n) is 1.75. The molecule has 0 aliphatic rings. The first-order chi connectivity index (χ1) is 10.2. The number of carbonyl (C=O) groups is 3. The summed E-state index contributed by atoms with van der Waals surface area (Å²) in [5.41, 5.74) is 1.12. The number of hydrogen-bond acceptors (Lipinski definition) is 3. The first-order valence-electron chi connectivity index (χ1n) is 7.10. The first-order valence-corrected chi connectivity index (χ1v) is 7.10. The van der Waals surface area contributed by atoms with Gasteiger partial charge in [-0.2, -0.15) is 0 Å². The highest BCUT2D eigenvalue weighted by molar-refractivity contribution is 5.97. The van der Waals surface area contributed by atoms with Crippen LogP contribution in [0.5, 0.6) is 0 Å². The molecule has 6 nitrogen and oxygen atoms in total. The maximum absolute atomic E-state index is 11.9. The molecule has 0 saturated carbocycles. The molecule has 6 heteroatoms. The Hall–Kier alpha value is -2.37. The van der Waals surface area contributed by atoms with Gasteiger partial charge in [0.05, 0.1) is 13.1 Å². The summed E-state index contributed by atoms with van der Waals surface area (Å²) in [6, 6.07) is 7.08. The Morgan fingerprint density at radius 2 is 1.64 bits per heavy atom. The SMILES string of the molecule is Cc1cccc(C(=O)NCC(=O)NCC(=O)NC(C)(C)C)c1. The van der Waals surface area contributed by atoms with Crippen LogP contribution in [0.4, 0.5) is 0 Å². The highest BCUT2D eigenvalue weighted by atomic mass is 16.2. The quantitative estimate of drug-likeness (QED) is 0.750. The van der Waals surface area contributed by atoms with Crippen molar-refractivity contribution in [3.63, 3.8) is 0 Å². The Labute approximate surface area is 130 Å². The predicted molar refractivity (Wildman–Crippen MR) is 84.4 cm³/mol. The molecule has 1 aromatic carbocycles.